The van der Waals surface area contributed by atoms with Gasteiger partial charge < -0.3 is 10.1 Å². The van der Waals surface area contributed by atoms with Gasteiger partial charge in [-0.15, -0.1) is 0 Å². The van der Waals surface area contributed by atoms with E-state index in [9.17, 15) is 0 Å². The maximum atomic E-state index is 5.40. The van der Waals surface area contributed by atoms with Crippen molar-refractivity contribution >= 4 is 23.5 Å². The molecule has 2 nitrogen and oxygen atoms in total. The lowest BCUT2D eigenvalue weighted by Crippen LogP contribution is -2.31. The minimum atomic E-state index is 0.819. The summed E-state index contributed by atoms with van der Waals surface area (Å²) in [5.74, 6) is 3.97. The number of ether oxygens (including phenoxy) is 1. The Morgan fingerprint density at radius 2 is 2.29 bits per heavy atom. The molecule has 0 amide bonds. The Labute approximate surface area is 95.9 Å². The highest BCUT2D eigenvalue weighted by atomic mass is 32.2. The molecule has 1 heterocycles. The number of hydrogen-bond donors (Lipinski definition) is 1. The minimum Gasteiger partial charge on any atom is -0.380 e. The van der Waals surface area contributed by atoms with Gasteiger partial charge in [0.25, 0.3) is 0 Å². The summed E-state index contributed by atoms with van der Waals surface area (Å²) in [4.78, 5) is 0. The molecule has 14 heavy (non-hydrogen) atoms. The molecule has 1 aliphatic rings. The highest BCUT2D eigenvalue weighted by molar-refractivity contribution is 8.06. The Morgan fingerprint density at radius 3 is 3.00 bits per heavy atom. The van der Waals surface area contributed by atoms with Crippen LogP contribution < -0.4 is 5.32 Å². The van der Waals surface area contributed by atoms with Crippen LogP contribution in [0.15, 0.2) is 0 Å². The number of rotatable bonds is 7. The highest BCUT2D eigenvalue weighted by Gasteiger charge is 2.12. The maximum Gasteiger partial charge on any atom is 0.0590 e. The standard InChI is InChI=1S/C10H21NOS2/c1-2-4-12-5-3-11-8-10-9-13-6-7-14-10/h10-11H,2-9H2,1H3. The molecule has 1 N–H and O–H groups in total. The molecular formula is C10H21NOS2. The van der Waals surface area contributed by atoms with Gasteiger partial charge >= 0.3 is 0 Å². The van der Waals surface area contributed by atoms with Crippen molar-refractivity contribution in [3.8, 4) is 0 Å². The molecule has 1 rings (SSSR count). The van der Waals surface area contributed by atoms with Gasteiger partial charge in [0.2, 0.25) is 0 Å². The van der Waals surface area contributed by atoms with Gasteiger partial charge in [0.1, 0.15) is 0 Å². The number of nitrogens with one attached hydrogen (secondary N) is 1. The Hall–Kier alpha value is 0.620. The first-order valence-corrected chi connectivity index (χ1v) is 7.61. The summed E-state index contributed by atoms with van der Waals surface area (Å²) < 4.78 is 5.40. The zero-order chi connectivity index (χ0) is 10.1. The second kappa shape index (κ2) is 8.89. The molecule has 0 saturated carbocycles. The summed E-state index contributed by atoms with van der Waals surface area (Å²) in [6.07, 6.45) is 1.12. The molecule has 0 bridgehead atoms. The average molecular weight is 235 g/mol. The van der Waals surface area contributed by atoms with Crippen LogP contribution in [0.4, 0.5) is 0 Å². The molecule has 4 heteroatoms. The summed E-state index contributed by atoms with van der Waals surface area (Å²) in [5, 5.41) is 4.27. The largest absolute Gasteiger partial charge is 0.380 e. The monoisotopic (exact) mass is 235 g/mol. The van der Waals surface area contributed by atoms with E-state index in [-0.39, 0.29) is 0 Å². The van der Waals surface area contributed by atoms with Crippen molar-refractivity contribution in [2.45, 2.75) is 18.6 Å². The quantitative estimate of drug-likeness (QED) is 0.680. The van der Waals surface area contributed by atoms with Crippen molar-refractivity contribution < 1.29 is 4.74 Å². The van der Waals surface area contributed by atoms with Gasteiger partial charge in [0.15, 0.2) is 0 Å². The first-order valence-electron chi connectivity index (χ1n) is 5.41. The van der Waals surface area contributed by atoms with E-state index >= 15 is 0 Å². The van der Waals surface area contributed by atoms with Crippen LogP contribution in [0.25, 0.3) is 0 Å². The minimum absolute atomic E-state index is 0.819. The zero-order valence-electron chi connectivity index (χ0n) is 8.96. The van der Waals surface area contributed by atoms with E-state index in [1.165, 1.54) is 17.3 Å². The van der Waals surface area contributed by atoms with E-state index in [2.05, 4.69) is 35.8 Å². The predicted molar refractivity (Wildman–Crippen MR) is 67.6 cm³/mol. The van der Waals surface area contributed by atoms with Gasteiger partial charge in [0, 0.05) is 42.2 Å². The lowest BCUT2D eigenvalue weighted by atomic mass is 10.4. The van der Waals surface area contributed by atoms with Crippen LogP contribution >= 0.6 is 23.5 Å². The van der Waals surface area contributed by atoms with Gasteiger partial charge in [-0.05, 0) is 6.42 Å². The van der Waals surface area contributed by atoms with E-state index in [4.69, 9.17) is 4.74 Å². The lowest BCUT2D eigenvalue weighted by molar-refractivity contribution is 0.137. The third kappa shape index (κ3) is 6.17. The molecule has 1 aliphatic heterocycles. The lowest BCUT2D eigenvalue weighted by Gasteiger charge is -2.21. The normalized spacial score (nSPS) is 22.5. The van der Waals surface area contributed by atoms with Gasteiger partial charge in [-0.3, -0.25) is 0 Å². The fourth-order valence-electron chi connectivity index (χ4n) is 1.31. The molecule has 1 unspecified atom stereocenters. The third-order valence-electron chi connectivity index (χ3n) is 2.03. The third-order valence-corrected chi connectivity index (χ3v) is 4.87. The van der Waals surface area contributed by atoms with Gasteiger partial charge in [-0.2, -0.15) is 23.5 Å². The molecule has 0 spiro atoms. The molecule has 0 aromatic carbocycles. The highest BCUT2D eigenvalue weighted by Crippen LogP contribution is 2.22. The summed E-state index contributed by atoms with van der Waals surface area (Å²) in [6.45, 7) is 6.05. The van der Waals surface area contributed by atoms with Gasteiger partial charge in [-0.1, -0.05) is 6.92 Å². The Morgan fingerprint density at radius 1 is 1.36 bits per heavy atom. The van der Waals surface area contributed by atoms with Crippen LogP contribution in [0.5, 0.6) is 0 Å². The summed E-state index contributed by atoms with van der Waals surface area (Å²) in [7, 11) is 0. The van der Waals surface area contributed by atoms with E-state index in [1.807, 2.05) is 0 Å². The Kier molecular flexibility index (Phi) is 8.06. The van der Waals surface area contributed by atoms with Crippen molar-refractivity contribution in [2.24, 2.45) is 0 Å². The van der Waals surface area contributed by atoms with Crippen LogP contribution in [0, 0.1) is 0 Å². The second-order valence-electron chi connectivity index (χ2n) is 3.38. The molecule has 0 radical (unpaired) electrons. The molecule has 0 aromatic rings. The molecule has 0 aromatic heterocycles. The van der Waals surface area contributed by atoms with Crippen LogP contribution in [-0.4, -0.2) is 48.8 Å². The molecular weight excluding hydrogens is 214 g/mol. The van der Waals surface area contributed by atoms with Crippen molar-refractivity contribution in [3.63, 3.8) is 0 Å². The smallest absolute Gasteiger partial charge is 0.0590 e. The maximum absolute atomic E-state index is 5.40. The SMILES string of the molecule is CCCOCCNCC1CSCCS1. The van der Waals surface area contributed by atoms with Gasteiger partial charge in [-0.25, -0.2) is 0 Å². The van der Waals surface area contributed by atoms with Gasteiger partial charge in [0.05, 0.1) is 6.61 Å². The Balaban J connectivity index is 1.82. The summed E-state index contributed by atoms with van der Waals surface area (Å²) >= 11 is 4.19. The zero-order valence-corrected chi connectivity index (χ0v) is 10.6. The van der Waals surface area contributed by atoms with Crippen molar-refractivity contribution in [3.05, 3.63) is 0 Å². The van der Waals surface area contributed by atoms with Crippen molar-refractivity contribution in [1.29, 1.82) is 0 Å². The average Bonchev–Trinajstić information content (AvgIpc) is 2.25. The topological polar surface area (TPSA) is 21.3 Å². The van der Waals surface area contributed by atoms with Crippen LogP contribution in [0.2, 0.25) is 0 Å². The first kappa shape index (κ1) is 12.7. The van der Waals surface area contributed by atoms with E-state index in [0.29, 0.717) is 0 Å². The predicted octanol–water partition coefficient (Wildman–Crippen LogP) is 1.85. The fourth-order valence-corrected chi connectivity index (χ4v) is 3.95. The molecule has 1 fully saturated rings. The second-order valence-corrected chi connectivity index (χ2v) is 5.94. The fraction of sp³-hybridized carbons (Fsp3) is 1.00. The number of hydrogen-bond acceptors (Lipinski definition) is 4. The number of thioether (sulfide) groups is 2. The summed E-state index contributed by atoms with van der Waals surface area (Å²) in [5.41, 5.74) is 0. The molecule has 0 aliphatic carbocycles. The van der Waals surface area contributed by atoms with Crippen LogP contribution in [-0.2, 0) is 4.74 Å². The molecule has 1 saturated heterocycles. The first-order chi connectivity index (χ1) is 6.93. The van der Waals surface area contributed by atoms with E-state index < -0.39 is 0 Å². The molecule has 1 atom stereocenters. The van der Waals surface area contributed by atoms with Crippen LogP contribution in [0.3, 0.4) is 0 Å². The van der Waals surface area contributed by atoms with E-state index in [0.717, 1.165) is 38.0 Å². The van der Waals surface area contributed by atoms with E-state index in [1.54, 1.807) is 0 Å². The Bertz CT molecular complexity index is 129. The van der Waals surface area contributed by atoms with Crippen molar-refractivity contribution in [1.82, 2.24) is 5.32 Å². The van der Waals surface area contributed by atoms with Crippen LogP contribution in [0.1, 0.15) is 13.3 Å². The summed E-state index contributed by atoms with van der Waals surface area (Å²) in [6, 6.07) is 0. The van der Waals surface area contributed by atoms with Crippen molar-refractivity contribution in [2.75, 3.05) is 43.6 Å². The molecule has 84 valence electrons.